The highest BCUT2D eigenvalue weighted by molar-refractivity contribution is 7.90. The van der Waals surface area contributed by atoms with Crippen LogP contribution in [0.2, 0.25) is 0 Å². The molecular weight excluding hydrogens is 286 g/mol. The number of primary sulfonamides is 1. The fourth-order valence-corrected chi connectivity index (χ4v) is 4.12. The summed E-state index contributed by atoms with van der Waals surface area (Å²) in [6, 6.07) is 0. The molecule has 0 radical (unpaired) electrons. The Morgan fingerprint density at radius 2 is 2.14 bits per heavy atom. The van der Waals surface area contributed by atoms with E-state index in [9.17, 15) is 13.5 Å². The molecule has 1 unspecified atom stereocenters. The molecule has 0 heterocycles. The van der Waals surface area contributed by atoms with Crippen LogP contribution in [0.5, 0.6) is 0 Å². The molecule has 4 nitrogen and oxygen atoms in total. The molecule has 1 aliphatic carbocycles. The Labute approximate surface area is 128 Å². The number of allylic oxidation sites excluding steroid dienone is 4. The number of sulfonamides is 1. The van der Waals surface area contributed by atoms with Crippen LogP contribution in [0.15, 0.2) is 36.0 Å². The molecule has 120 valence electrons. The number of aliphatic hydroxyl groups is 1. The van der Waals surface area contributed by atoms with Gasteiger partial charge in [0, 0.05) is 0 Å². The maximum absolute atomic E-state index is 12.2. The minimum absolute atomic E-state index is 0.272. The van der Waals surface area contributed by atoms with Crippen molar-refractivity contribution in [2.45, 2.75) is 57.3 Å². The lowest BCUT2D eigenvalue weighted by Crippen LogP contribution is -2.55. The van der Waals surface area contributed by atoms with Crippen LogP contribution in [0, 0.1) is 5.92 Å². The Morgan fingerprint density at radius 3 is 2.67 bits per heavy atom. The van der Waals surface area contributed by atoms with Crippen LogP contribution in [0.25, 0.3) is 0 Å². The summed E-state index contributed by atoms with van der Waals surface area (Å²) in [7, 11) is -3.93. The number of unbranched alkanes of at least 4 members (excludes halogenated alkanes) is 2. The third-order valence-electron chi connectivity index (χ3n) is 4.24. The van der Waals surface area contributed by atoms with E-state index in [1.54, 1.807) is 12.2 Å². The molecule has 1 rings (SSSR count). The quantitative estimate of drug-likeness (QED) is 0.709. The molecule has 0 bridgehead atoms. The minimum Gasteiger partial charge on any atom is -0.387 e. The summed E-state index contributed by atoms with van der Waals surface area (Å²) in [5.74, 6) is -0.272. The van der Waals surface area contributed by atoms with E-state index in [1.807, 2.05) is 26.0 Å². The van der Waals surface area contributed by atoms with Crippen molar-refractivity contribution in [1.82, 2.24) is 0 Å². The zero-order valence-corrected chi connectivity index (χ0v) is 13.9. The molecule has 5 heteroatoms. The van der Waals surface area contributed by atoms with Gasteiger partial charge in [-0.05, 0) is 17.9 Å². The summed E-state index contributed by atoms with van der Waals surface area (Å²) in [5, 5.41) is 15.7. The molecule has 0 saturated heterocycles. The molecule has 0 aliphatic heterocycles. The Bertz CT molecular complexity index is 534. The van der Waals surface area contributed by atoms with Gasteiger partial charge in [0.15, 0.2) is 0 Å². The van der Waals surface area contributed by atoms with E-state index < -0.39 is 20.9 Å². The second-order valence-electron chi connectivity index (χ2n) is 5.70. The lowest BCUT2D eigenvalue weighted by molar-refractivity contribution is 0.156. The lowest BCUT2D eigenvalue weighted by Gasteiger charge is -2.39. The van der Waals surface area contributed by atoms with Crippen LogP contribution < -0.4 is 5.14 Å². The fourth-order valence-electron chi connectivity index (χ4n) is 2.68. The molecular formula is C16H27NO3S. The number of rotatable bonds is 7. The third kappa shape index (κ3) is 3.84. The van der Waals surface area contributed by atoms with Crippen LogP contribution in [0.3, 0.4) is 0 Å². The van der Waals surface area contributed by atoms with Crippen molar-refractivity contribution in [3.05, 3.63) is 36.0 Å². The highest BCUT2D eigenvalue weighted by Gasteiger charge is 2.50. The van der Waals surface area contributed by atoms with Crippen molar-refractivity contribution < 1.29 is 13.5 Å². The van der Waals surface area contributed by atoms with E-state index in [0.29, 0.717) is 6.42 Å². The predicted molar refractivity (Wildman–Crippen MR) is 87.2 cm³/mol. The molecule has 3 N–H and O–H groups in total. The Kier molecular flexibility index (Phi) is 6.38. The van der Waals surface area contributed by atoms with E-state index in [-0.39, 0.29) is 5.92 Å². The van der Waals surface area contributed by atoms with Gasteiger partial charge in [-0.25, -0.2) is 13.6 Å². The van der Waals surface area contributed by atoms with E-state index in [2.05, 4.69) is 6.92 Å². The van der Waals surface area contributed by atoms with Crippen molar-refractivity contribution in [2.75, 3.05) is 0 Å². The molecule has 1 aliphatic rings. The van der Waals surface area contributed by atoms with Gasteiger partial charge >= 0.3 is 0 Å². The summed E-state index contributed by atoms with van der Waals surface area (Å²) in [6.07, 6.45) is 11.5. The van der Waals surface area contributed by atoms with Crippen LogP contribution in [0.4, 0.5) is 0 Å². The van der Waals surface area contributed by atoms with E-state index >= 15 is 0 Å². The first-order valence-corrected chi connectivity index (χ1v) is 9.12. The van der Waals surface area contributed by atoms with Gasteiger partial charge in [-0.3, -0.25) is 0 Å². The summed E-state index contributed by atoms with van der Waals surface area (Å²) in [5.41, 5.74) is 0.783. The van der Waals surface area contributed by atoms with Gasteiger partial charge in [0.1, 0.15) is 4.75 Å². The molecule has 0 aromatic carbocycles. The van der Waals surface area contributed by atoms with Gasteiger partial charge < -0.3 is 5.11 Å². The Morgan fingerprint density at radius 1 is 1.48 bits per heavy atom. The number of nitrogens with two attached hydrogens (primary N) is 1. The van der Waals surface area contributed by atoms with Gasteiger partial charge in [0.2, 0.25) is 10.0 Å². The smallest absolute Gasteiger partial charge is 0.221 e. The van der Waals surface area contributed by atoms with Crippen LogP contribution in [0.1, 0.15) is 46.5 Å². The topological polar surface area (TPSA) is 80.4 Å². The number of aliphatic hydroxyl groups excluding tert-OH is 1. The Hall–Kier alpha value is -0.910. The maximum Gasteiger partial charge on any atom is 0.221 e. The Balaban J connectivity index is 3.20. The summed E-state index contributed by atoms with van der Waals surface area (Å²) >= 11 is 0. The molecule has 0 amide bonds. The second-order valence-corrected chi connectivity index (χ2v) is 7.50. The average molecular weight is 313 g/mol. The van der Waals surface area contributed by atoms with Crippen molar-refractivity contribution >= 4 is 10.0 Å². The summed E-state index contributed by atoms with van der Waals surface area (Å²) in [6.45, 7) is 5.83. The van der Waals surface area contributed by atoms with Crippen molar-refractivity contribution in [3.63, 3.8) is 0 Å². The van der Waals surface area contributed by atoms with E-state index in [4.69, 9.17) is 5.14 Å². The number of hydrogen-bond acceptors (Lipinski definition) is 3. The maximum atomic E-state index is 12.2. The second kappa shape index (κ2) is 7.38. The molecule has 0 fully saturated rings. The zero-order valence-electron chi connectivity index (χ0n) is 13.1. The fraction of sp³-hybridized carbons (Fsp3) is 0.625. The minimum atomic E-state index is -3.93. The standard InChI is InChI=1S/C16H27NO3S/c1-4-6-7-8-9-14-10-11-15(18)16(12-14,13(3)5-2)21(17,19)20/h8-13,15,18H,4-7H2,1-3H3,(H2,17,19,20)/t13-,15?,16+/m0/s1. The predicted octanol–water partition coefficient (Wildman–Crippen LogP) is 2.66. The van der Waals surface area contributed by atoms with E-state index in [0.717, 1.165) is 24.8 Å². The van der Waals surface area contributed by atoms with Crippen LogP contribution >= 0.6 is 0 Å². The van der Waals surface area contributed by atoms with Crippen molar-refractivity contribution in [3.8, 4) is 0 Å². The largest absolute Gasteiger partial charge is 0.387 e. The van der Waals surface area contributed by atoms with Gasteiger partial charge in [-0.1, -0.05) is 70.4 Å². The van der Waals surface area contributed by atoms with Gasteiger partial charge in [-0.2, -0.15) is 0 Å². The summed E-state index contributed by atoms with van der Waals surface area (Å²) < 4.78 is 22.9. The van der Waals surface area contributed by atoms with Gasteiger partial charge in [0.05, 0.1) is 6.10 Å². The number of hydrogen-bond donors (Lipinski definition) is 2. The first-order chi connectivity index (χ1) is 9.79. The van der Waals surface area contributed by atoms with Crippen LogP contribution in [-0.4, -0.2) is 24.4 Å². The van der Waals surface area contributed by atoms with Crippen molar-refractivity contribution in [2.24, 2.45) is 11.1 Å². The SMILES string of the molecule is CCCCC=CC1=C[C@]([C@@H](C)CC)(S(N)(=O)=O)C(O)C=C1. The van der Waals surface area contributed by atoms with Gasteiger partial charge in [-0.15, -0.1) is 0 Å². The third-order valence-corrected chi connectivity index (χ3v) is 5.98. The monoisotopic (exact) mass is 313 g/mol. The first kappa shape index (κ1) is 18.1. The van der Waals surface area contributed by atoms with Crippen molar-refractivity contribution in [1.29, 1.82) is 0 Å². The zero-order chi connectivity index (χ0) is 16.1. The molecule has 0 spiro atoms. The summed E-state index contributed by atoms with van der Waals surface area (Å²) in [4.78, 5) is 0. The molecule has 3 atom stereocenters. The van der Waals surface area contributed by atoms with Gasteiger partial charge in [0.25, 0.3) is 0 Å². The highest BCUT2D eigenvalue weighted by atomic mass is 32.2. The average Bonchev–Trinajstić information content (AvgIpc) is 2.43. The molecule has 21 heavy (non-hydrogen) atoms. The lowest BCUT2D eigenvalue weighted by atomic mass is 9.81. The van der Waals surface area contributed by atoms with Crippen LogP contribution in [-0.2, 0) is 10.0 Å². The normalized spacial score (nSPS) is 27.9. The molecule has 0 aromatic heterocycles. The first-order valence-electron chi connectivity index (χ1n) is 7.57. The van der Waals surface area contributed by atoms with E-state index in [1.165, 1.54) is 6.08 Å². The molecule has 0 aromatic rings. The highest BCUT2D eigenvalue weighted by Crippen LogP contribution is 2.37. The molecule has 0 saturated carbocycles.